The first-order valence-electron chi connectivity index (χ1n) is 8.69. The Bertz CT molecular complexity index is 753. The van der Waals surface area contributed by atoms with Crippen LogP contribution >= 0.6 is 12.4 Å². The van der Waals surface area contributed by atoms with Crippen molar-refractivity contribution < 1.29 is 4.79 Å². The van der Waals surface area contributed by atoms with E-state index in [1.54, 1.807) is 0 Å². The predicted molar refractivity (Wildman–Crippen MR) is 98.7 cm³/mol. The molecule has 1 amide bonds. The van der Waals surface area contributed by atoms with Gasteiger partial charge in [-0.3, -0.25) is 4.79 Å². The zero-order valence-electron chi connectivity index (χ0n) is 14.6. The van der Waals surface area contributed by atoms with Gasteiger partial charge in [0, 0.05) is 31.6 Å². The van der Waals surface area contributed by atoms with Crippen molar-refractivity contribution in [2.45, 2.75) is 38.6 Å². The minimum atomic E-state index is 0. The van der Waals surface area contributed by atoms with Crippen molar-refractivity contribution in [2.24, 2.45) is 0 Å². The number of hydrogen-bond acceptors (Lipinski definition) is 4. The van der Waals surface area contributed by atoms with Crippen molar-refractivity contribution in [3.63, 3.8) is 0 Å². The lowest BCUT2D eigenvalue weighted by Crippen LogP contribution is -2.51. The van der Waals surface area contributed by atoms with Gasteiger partial charge in [-0.2, -0.15) is 0 Å². The van der Waals surface area contributed by atoms with E-state index >= 15 is 0 Å². The van der Waals surface area contributed by atoms with Crippen LogP contribution in [0.15, 0.2) is 24.3 Å². The lowest BCUT2D eigenvalue weighted by molar-refractivity contribution is 0.0702. The number of halogens is 1. The van der Waals surface area contributed by atoms with E-state index in [4.69, 9.17) is 0 Å². The average molecular weight is 362 g/mol. The molecule has 1 aromatic carbocycles. The molecule has 1 unspecified atom stereocenters. The van der Waals surface area contributed by atoms with Crippen LogP contribution in [0.5, 0.6) is 0 Å². The molecule has 134 valence electrons. The van der Waals surface area contributed by atoms with E-state index in [9.17, 15) is 4.79 Å². The van der Waals surface area contributed by atoms with Gasteiger partial charge in [0.15, 0.2) is 5.69 Å². The van der Waals surface area contributed by atoms with Crippen molar-refractivity contribution in [3.05, 3.63) is 41.2 Å². The van der Waals surface area contributed by atoms with Gasteiger partial charge in [-0.1, -0.05) is 22.9 Å². The van der Waals surface area contributed by atoms with Gasteiger partial charge in [-0.05, 0) is 38.8 Å². The number of hydrogen-bond donors (Lipinski definition) is 1. The predicted octanol–water partition coefficient (Wildman–Crippen LogP) is 2.31. The highest BCUT2D eigenvalue weighted by molar-refractivity contribution is 5.94. The molecular formula is C18H24ClN5O. The van der Waals surface area contributed by atoms with E-state index in [-0.39, 0.29) is 18.3 Å². The minimum absolute atomic E-state index is 0. The second-order valence-corrected chi connectivity index (χ2v) is 6.95. The Hall–Kier alpha value is -1.92. The van der Waals surface area contributed by atoms with Crippen LogP contribution in [0.2, 0.25) is 0 Å². The summed E-state index contributed by atoms with van der Waals surface area (Å²) in [5.41, 5.74) is 3.70. The van der Waals surface area contributed by atoms with E-state index in [0.717, 1.165) is 43.9 Å². The quantitative estimate of drug-likeness (QED) is 0.911. The van der Waals surface area contributed by atoms with Crippen LogP contribution in [-0.4, -0.2) is 51.5 Å². The van der Waals surface area contributed by atoms with Gasteiger partial charge in [-0.15, -0.1) is 17.5 Å². The first kappa shape index (κ1) is 17.9. The van der Waals surface area contributed by atoms with Crippen LogP contribution in [0.4, 0.5) is 0 Å². The van der Waals surface area contributed by atoms with Gasteiger partial charge < -0.3 is 10.2 Å². The van der Waals surface area contributed by atoms with Crippen molar-refractivity contribution in [3.8, 4) is 5.69 Å². The summed E-state index contributed by atoms with van der Waals surface area (Å²) in [5, 5.41) is 12.0. The van der Waals surface area contributed by atoms with E-state index in [1.807, 2.05) is 21.7 Å². The van der Waals surface area contributed by atoms with Gasteiger partial charge in [0.2, 0.25) is 0 Å². The summed E-state index contributed by atoms with van der Waals surface area (Å²) < 4.78 is 1.86. The summed E-state index contributed by atoms with van der Waals surface area (Å²) in [6.45, 7) is 6.45. The van der Waals surface area contributed by atoms with Crippen LogP contribution in [-0.2, 0) is 0 Å². The second kappa shape index (κ2) is 7.14. The molecule has 25 heavy (non-hydrogen) atoms. The molecule has 1 saturated heterocycles. The fourth-order valence-electron chi connectivity index (χ4n) is 3.31. The fraction of sp³-hybridized carbons (Fsp3) is 0.500. The summed E-state index contributed by atoms with van der Waals surface area (Å²) in [4.78, 5) is 14.9. The maximum atomic E-state index is 13.0. The molecule has 0 radical (unpaired) electrons. The zero-order valence-corrected chi connectivity index (χ0v) is 15.4. The lowest BCUT2D eigenvalue weighted by Gasteiger charge is -2.31. The largest absolute Gasteiger partial charge is 0.334 e. The number of rotatable bonds is 3. The van der Waals surface area contributed by atoms with Crippen molar-refractivity contribution in [2.75, 3.05) is 19.6 Å². The maximum absolute atomic E-state index is 13.0. The molecule has 2 heterocycles. The molecule has 0 bridgehead atoms. The Morgan fingerprint density at radius 3 is 2.60 bits per heavy atom. The van der Waals surface area contributed by atoms with Crippen LogP contribution in [0.25, 0.3) is 5.69 Å². The number of amides is 1. The highest BCUT2D eigenvalue weighted by Gasteiger charge is 2.36. The third-order valence-electron chi connectivity index (χ3n) is 4.81. The molecule has 2 aliphatic rings. The van der Waals surface area contributed by atoms with Gasteiger partial charge in [0.1, 0.15) is 0 Å². The van der Waals surface area contributed by atoms with E-state index in [1.165, 1.54) is 5.56 Å². The summed E-state index contributed by atoms with van der Waals surface area (Å²) in [6.07, 6.45) is 2.22. The maximum Gasteiger partial charge on any atom is 0.276 e. The van der Waals surface area contributed by atoms with E-state index < -0.39 is 0 Å². The molecule has 1 aliphatic heterocycles. The fourth-order valence-corrected chi connectivity index (χ4v) is 3.31. The molecule has 6 nitrogen and oxygen atoms in total. The number of nitrogens with zero attached hydrogens (tertiary/aromatic N) is 4. The third kappa shape index (κ3) is 3.55. The number of aryl methyl sites for hydroxylation is 1. The average Bonchev–Trinajstić information content (AvgIpc) is 3.33. The molecule has 7 heteroatoms. The number of carbonyl (C=O) groups is 1. The van der Waals surface area contributed by atoms with Crippen LogP contribution in [0, 0.1) is 6.92 Å². The molecule has 1 N–H and O–H groups in total. The minimum Gasteiger partial charge on any atom is -0.334 e. The number of aromatic nitrogens is 3. The number of benzene rings is 1. The second-order valence-electron chi connectivity index (χ2n) is 6.95. The van der Waals surface area contributed by atoms with Crippen LogP contribution in [0.3, 0.4) is 0 Å². The first-order valence-corrected chi connectivity index (χ1v) is 8.69. The van der Waals surface area contributed by atoms with Gasteiger partial charge in [-0.25, -0.2) is 4.68 Å². The number of nitrogens with one attached hydrogen (secondary N) is 1. The smallest absolute Gasteiger partial charge is 0.276 e. The Morgan fingerprint density at radius 2 is 1.96 bits per heavy atom. The van der Waals surface area contributed by atoms with Gasteiger partial charge in [0.25, 0.3) is 5.91 Å². The summed E-state index contributed by atoms with van der Waals surface area (Å²) in [5.74, 6) is 0.421. The van der Waals surface area contributed by atoms with Crippen molar-refractivity contribution >= 4 is 18.3 Å². The Balaban J connectivity index is 0.00000182. The summed E-state index contributed by atoms with van der Waals surface area (Å²) in [6, 6.07) is 8.52. The topological polar surface area (TPSA) is 63.1 Å². The number of carbonyl (C=O) groups excluding carboxylic acids is 1. The summed E-state index contributed by atoms with van der Waals surface area (Å²) in [7, 11) is 0. The molecule has 2 aromatic rings. The zero-order chi connectivity index (χ0) is 16.7. The Morgan fingerprint density at radius 1 is 1.24 bits per heavy atom. The molecule has 1 atom stereocenters. The molecule has 1 saturated carbocycles. The first-order chi connectivity index (χ1) is 11.6. The summed E-state index contributed by atoms with van der Waals surface area (Å²) >= 11 is 0. The molecule has 1 aliphatic carbocycles. The van der Waals surface area contributed by atoms with Crippen LogP contribution in [0.1, 0.15) is 47.4 Å². The Kier molecular flexibility index (Phi) is 5.11. The van der Waals surface area contributed by atoms with Gasteiger partial charge >= 0.3 is 0 Å². The monoisotopic (exact) mass is 361 g/mol. The van der Waals surface area contributed by atoms with Crippen molar-refractivity contribution in [1.82, 2.24) is 25.2 Å². The van der Waals surface area contributed by atoms with Crippen LogP contribution < -0.4 is 5.32 Å². The molecule has 4 rings (SSSR count). The highest BCUT2D eigenvalue weighted by Crippen LogP contribution is 2.42. The van der Waals surface area contributed by atoms with Crippen molar-refractivity contribution in [1.29, 1.82) is 0 Å². The molecule has 1 aromatic heterocycles. The standard InChI is InChI=1S/C18H23N5O.ClH/c1-12-3-7-15(8-4-12)23-17(14-5-6-14)16(20-21-23)18(24)22-10-9-19-13(2)11-22;/h3-4,7-8,13-14,19H,5-6,9-11H2,1-2H3;1H. The number of piperazine rings is 1. The highest BCUT2D eigenvalue weighted by atomic mass is 35.5. The third-order valence-corrected chi connectivity index (χ3v) is 4.81. The molecular weight excluding hydrogens is 338 g/mol. The van der Waals surface area contributed by atoms with E-state index in [2.05, 4.69) is 41.6 Å². The lowest BCUT2D eigenvalue weighted by atomic mass is 10.1. The van der Waals surface area contributed by atoms with Gasteiger partial charge in [0.05, 0.1) is 11.4 Å². The molecule has 2 fully saturated rings. The van der Waals surface area contributed by atoms with E-state index in [0.29, 0.717) is 17.7 Å². The SMILES string of the molecule is Cc1ccc(-n2nnc(C(=O)N3CCNC(C)C3)c2C2CC2)cc1.Cl. The Labute approximate surface area is 154 Å². The normalized spacial score (nSPS) is 20.2. The molecule has 0 spiro atoms.